The normalized spacial score (nSPS) is 10.5. The van der Waals surface area contributed by atoms with Crippen molar-refractivity contribution >= 4 is 11.8 Å². The Hall–Kier alpha value is -4.54. The number of aromatic amines is 1. The first-order valence-electron chi connectivity index (χ1n) is 9.54. The molecule has 4 rings (SSSR count). The second-order valence-electron chi connectivity index (χ2n) is 6.71. The van der Waals surface area contributed by atoms with Crippen LogP contribution >= 0.6 is 0 Å². The molecule has 160 valence electrons. The molecule has 3 N–H and O–H groups in total. The number of nitrogens with zero attached hydrogens (tertiary/aromatic N) is 5. The molecule has 0 aliphatic carbocycles. The molecule has 0 spiro atoms. The number of H-pyrrole nitrogens is 1. The van der Waals surface area contributed by atoms with E-state index in [2.05, 4.69) is 41.2 Å². The number of rotatable bonds is 7. The van der Waals surface area contributed by atoms with Crippen molar-refractivity contribution in [2.45, 2.75) is 13.1 Å². The van der Waals surface area contributed by atoms with Gasteiger partial charge in [0, 0.05) is 24.7 Å². The third kappa shape index (κ3) is 5.14. The molecule has 0 aliphatic rings. The van der Waals surface area contributed by atoms with Crippen LogP contribution in [0, 0.1) is 5.82 Å². The molecule has 32 heavy (non-hydrogen) atoms. The van der Waals surface area contributed by atoms with Crippen molar-refractivity contribution in [3.05, 3.63) is 89.3 Å². The molecule has 0 radical (unpaired) electrons. The van der Waals surface area contributed by atoms with Gasteiger partial charge < -0.3 is 10.6 Å². The van der Waals surface area contributed by atoms with E-state index in [-0.39, 0.29) is 30.3 Å². The average Bonchev–Trinajstić information content (AvgIpc) is 3.37. The highest BCUT2D eigenvalue weighted by atomic mass is 19.1. The molecule has 2 heterocycles. The maximum atomic E-state index is 13.0. The van der Waals surface area contributed by atoms with Crippen LogP contribution < -0.4 is 10.6 Å². The Morgan fingerprint density at radius 1 is 0.844 bits per heavy atom. The first-order chi connectivity index (χ1) is 15.6. The summed E-state index contributed by atoms with van der Waals surface area (Å²) < 4.78 is 13.0. The van der Waals surface area contributed by atoms with E-state index in [1.165, 1.54) is 18.2 Å². The van der Waals surface area contributed by atoms with Crippen molar-refractivity contribution < 1.29 is 14.0 Å². The number of halogens is 1. The van der Waals surface area contributed by atoms with Crippen LogP contribution in [0.25, 0.3) is 11.4 Å². The van der Waals surface area contributed by atoms with Crippen molar-refractivity contribution in [1.29, 1.82) is 0 Å². The molecule has 4 aromatic rings. The molecule has 10 nitrogen and oxygen atoms in total. The van der Waals surface area contributed by atoms with E-state index < -0.39 is 11.8 Å². The van der Waals surface area contributed by atoms with Crippen molar-refractivity contribution in [1.82, 2.24) is 41.2 Å². The summed E-state index contributed by atoms with van der Waals surface area (Å²) in [4.78, 5) is 32.7. The van der Waals surface area contributed by atoms with Gasteiger partial charge in [0.05, 0.1) is 0 Å². The van der Waals surface area contributed by atoms with Gasteiger partial charge in [0.2, 0.25) is 5.82 Å². The third-order valence-electron chi connectivity index (χ3n) is 4.51. The maximum absolute atomic E-state index is 13.0. The lowest BCUT2D eigenvalue weighted by atomic mass is 10.1. The molecule has 0 atom stereocenters. The highest BCUT2D eigenvalue weighted by Crippen LogP contribution is 2.14. The highest BCUT2D eigenvalue weighted by Gasteiger charge is 2.13. The van der Waals surface area contributed by atoms with Crippen LogP contribution in [-0.2, 0) is 13.1 Å². The SMILES string of the molecule is O=C(NCc1ccc(F)cc1)c1cc(C(=O)NCc2ccc(-c3nn[nH]n3)cc2)ncn1. The fourth-order valence-corrected chi connectivity index (χ4v) is 2.81. The van der Waals surface area contributed by atoms with Crippen molar-refractivity contribution in [3.63, 3.8) is 0 Å². The lowest BCUT2D eigenvalue weighted by Crippen LogP contribution is -2.27. The van der Waals surface area contributed by atoms with Gasteiger partial charge in [0.15, 0.2) is 0 Å². The molecule has 0 aliphatic heterocycles. The second-order valence-corrected chi connectivity index (χ2v) is 6.71. The molecule has 11 heteroatoms. The molecule has 0 bridgehead atoms. The van der Waals surface area contributed by atoms with E-state index in [0.717, 1.165) is 23.0 Å². The van der Waals surface area contributed by atoms with Crippen molar-refractivity contribution in [2.75, 3.05) is 0 Å². The third-order valence-corrected chi connectivity index (χ3v) is 4.51. The monoisotopic (exact) mass is 432 g/mol. The molecule has 2 amide bonds. The van der Waals surface area contributed by atoms with Crippen LogP contribution in [0.5, 0.6) is 0 Å². The number of carbonyl (C=O) groups excluding carboxylic acids is 2. The first-order valence-corrected chi connectivity index (χ1v) is 9.54. The topological polar surface area (TPSA) is 138 Å². The number of amides is 2. The summed E-state index contributed by atoms with van der Waals surface area (Å²) in [5, 5.41) is 19.1. The molecular weight excluding hydrogens is 415 g/mol. The Kier molecular flexibility index (Phi) is 6.16. The number of tetrazole rings is 1. The fraction of sp³-hybridized carbons (Fsp3) is 0.0952. The average molecular weight is 432 g/mol. The van der Waals surface area contributed by atoms with E-state index in [0.29, 0.717) is 5.82 Å². The van der Waals surface area contributed by atoms with E-state index in [9.17, 15) is 14.0 Å². The van der Waals surface area contributed by atoms with Gasteiger partial charge in [-0.1, -0.05) is 36.4 Å². The Morgan fingerprint density at radius 3 is 1.94 bits per heavy atom. The van der Waals surface area contributed by atoms with Gasteiger partial charge in [-0.3, -0.25) is 9.59 Å². The Labute approximate surface area is 181 Å². The Bertz CT molecular complexity index is 1210. The molecule has 2 aromatic heterocycles. The van der Waals surface area contributed by atoms with Crippen LogP contribution in [0.3, 0.4) is 0 Å². The van der Waals surface area contributed by atoms with E-state index in [1.807, 2.05) is 24.3 Å². The van der Waals surface area contributed by atoms with Crippen LogP contribution in [0.4, 0.5) is 4.39 Å². The predicted octanol–water partition coefficient (Wildman–Crippen LogP) is 1.66. The standard InChI is InChI=1S/C21H17FN8O2/c22-16-7-3-14(4-8-16)11-24-21(32)18-9-17(25-12-26-18)20(31)23-10-13-1-5-15(6-2-13)19-27-29-30-28-19/h1-9,12H,10-11H2,(H,23,31)(H,24,32)(H,27,28,29,30). The van der Waals surface area contributed by atoms with Crippen molar-refractivity contribution in [3.8, 4) is 11.4 Å². The number of hydrogen-bond donors (Lipinski definition) is 3. The molecule has 0 unspecified atom stereocenters. The number of benzene rings is 2. The minimum absolute atomic E-state index is 0.0525. The number of aromatic nitrogens is 6. The second kappa shape index (κ2) is 9.51. The summed E-state index contributed by atoms with van der Waals surface area (Å²) in [7, 11) is 0. The van der Waals surface area contributed by atoms with Crippen molar-refractivity contribution in [2.24, 2.45) is 0 Å². The molecule has 0 fully saturated rings. The predicted molar refractivity (Wildman–Crippen MR) is 110 cm³/mol. The quantitative estimate of drug-likeness (QED) is 0.404. The Morgan fingerprint density at radius 2 is 1.41 bits per heavy atom. The van der Waals surface area contributed by atoms with Gasteiger partial charge in [0.25, 0.3) is 11.8 Å². The van der Waals surface area contributed by atoms with Gasteiger partial charge in [-0.25, -0.2) is 14.4 Å². The minimum Gasteiger partial charge on any atom is -0.347 e. The van der Waals surface area contributed by atoms with Gasteiger partial charge in [-0.15, -0.1) is 10.2 Å². The fourth-order valence-electron chi connectivity index (χ4n) is 2.81. The van der Waals surface area contributed by atoms with E-state index in [1.54, 1.807) is 12.1 Å². The Balaban J connectivity index is 1.33. The summed E-state index contributed by atoms with van der Waals surface area (Å²) in [5.41, 5.74) is 2.50. The zero-order chi connectivity index (χ0) is 22.3. The lowest BCUT2D eigenvalue weighted by Gasteiger charge is -2.07. The van der Waals surface area contributed by atoms with Gasteiger partial charge in [0.1, 0.15) is 23.5 Å². The smallest absolute Gasteiger partial charge is 0.270 e. The number of hydrogen-bond acceptors (Lipinski definition) is 7. The lowest BCUT2D eigenvalue weighted by molar-refractivity contribution is 0.0944. The molecule has 2 aromatic carbocycles. The van der Waals surface area contributed by atoms with Gasteiger partial charge in [-0.05, 0) is 28.5 Å². The highest BCUT2D eigenvalue weighted by molar-refractivity contribution is 5.97. The summed E-state index contributed by atoms with van der Waals surface area (Å²) in [5.74, 6) is -0.786. The first kappa shape index (κ1) is 20.7. The zero-order valence-electron chi connectivity index (χ0n) is 16.6. The van der Waals surface area contributed by atoms with Gasteiger partial charge >= 0.3 is 0 Å². The minimum atomic E-state index is -0.470. The summed E-state index contributed by atoms with van der Waals surface area (Å²) in [6.45, 7) is 0.464. The van der Waals surface area contributed by atoms with E-state index >= 15 is 0 Å². The summed E-state index contributed by atoms with van der Waals surface area (Å²) in [6.07, 6.45) is 1.15. The maximum Gasteiger partial charge on any atom is 0.270 e. The number of carbonyl (C=O) groups is 2. The van der Waals surface area contributed by atoms with Crippen LogP contribution in [0.1, 0.15) is 32.1 Å². The summed E-state index contributed by atoms with van der Waals surface area (Å²) >= 11 is 0. The molecule has 0 saturated heterocycles. The molecular formula is C21H17FN8O2. The van der Waals surface area contributed by atoms with Crippen LogP contribution in [0.2, 0.25) is 0 Å². The van der Waals surface area contributed by atoms with Gasteiger partial charge in [-0.2, -0.15) is 5.21 Å². The summed E-state index contributed by atoms with van der Waals surface area (Å²) in [6, 6.07) is 14.4. The van der Waals surface area contributed by atoms with E-state index in [4.69, 9.17) is 0 Å². The largest absolute Gasteiger partial charge is 0.347 e. The number of nitrogens with one attached hydrogen (secondary N) is 3. The van der Waals surface area contributed by atoms with Crippen LogP contribution in [-0.4, -0.2) is 42.4 Å². The zero-order valence-corrected chi connectivity index (χ0v) is 16.6. The van der Waals surface area contributed by atoms with Crippen LogP contribution in [0.15, 0.2) is 60.9 Å². The molecule has 0 saturated carbocycles.